The zero-order valence-electron chi connectivity index (χ0n) is 13.3. The van der Waals surface area contributed by atoms with Crippen molar-refractivity contribution in [3.8, 4) is 0 Å². The summed E-state index contributed by atoms with van der Waals surface area (Å²) >= 11 is 0. The quantitative estimate of drug-likeness (QED) is 0.331. The number of sulfonamides is 1. The maximum absolute atomic E-state index is 12.4. The Hall–Kier alpha value is -1.07. The molecule has 3 N–H and O–H groups in total. The number of likely N-dealkylation sites (tertiary alicyclic amines) is 1. The van der Waals surface area contributed by atoms with E-state index in [9.17, 15) is 21.6 Å². The highest BCUT2D eigenvalue weighted by Gasteiger charge is 2.34. The number of hydrogen-bond donors (Lipinski definition) is 3. The van der Waals surface area contributed by atoms with Crippen LogP contribution >= 0.6 is 0 Å². The van der Waals surface area contributed by atoms with Gasteiger partial charge in [-0.1, -0.05) is 0 Å². The monoisotopic (exact) mass is 359 g/mol. The fourth-order valence-electron chi connectivity index (χ4n) is 2.26. The van der Waals surface area contributed by atoms with Crippen LogP contribution in [-0.2, 0) is 10.0 Å². The van der Waals surface area contributed by atoms with E-state index in [1.54, 1.807) is 0 Å². The van der Waals surface area contributed by atoms with Crippen molar-refractivity contribution in [3.05, 3.63) is 0 Å². The number of guanidine groups is 1. The van der Waals surface area contributed by atoms with E-state index in [0.717, 1.165) is 6.26 Å². The molecule has 1 fully saturated rings. The highest BCUT2D eigenvalue weighted by Crippen LogP contribution is 2.19. The molecule has 0 saturated carbocycles. The predicted octanol–water partition coefficient (Wildman–Crippen LogP) is -0.273. The molecule has 0 spiro atoms. The van der Waals surface area contributed by atoms with Crippen LogP contribution in [0.4, 0.5) is 13.2 Å². The lowest BCUT2D eigenvalue weighted by Gasteiger charge is -2.19. The molecule has 11 heteroatoms. The fraction of sp³-hybridized carbons (Fsp3) is 0.917. The van der Waals surface area contributed by atoms with Gasteiger partial charge in [0.05, 0.1) is 19.3 Å². The Morgan fingerprint density at radius 1 is 1.39 bits per heavy atom. The average molecular weight is 359 g/mol. The fourth-order valence-corrected chi connectivity index (χ4v) is 2.72. The predicted molar refractivity (Wildman–Crippen MR) is 82.9 cm³/mol. The SMILES string of the molecule is CCNC(=NCCNS(C)(=O)=O)NC1CCN(CC(F)(F)F)C1. The van der Waals surface area contributed by atoms with E-state index in [4.69, 9.17) is 0 Å². The van der Waals surface area contributed by atoms with Gasteiger partial charge >= 0.3 is 6.18 Å². The van der Waals surface area contributed by atoms with Crippen LogP contribution in [0.2, 0.25) is 0 Å². The normalized spacial score (nSPS) is 20.7. The number of halogens is 3. The van der Waals surface area contributed by atoms with Crippen LogP contribution in [0, 0.1) is 0 Å². The van der Waals surface area contributed by atoms with Crippen molar-refractivity contribution in [1.82, 2.24) is 20.3 Å². The molecule has 0 aromatic rings. The molecular weight excluding hydrogens is 335 g/mol. The van der Waals surface area contributed by atoms with Crippen LogP contribution in [0.5, 0.6) is 0 Å². The molecule has 136 valence electrons. The summed E-state index contributed by atoms with van der Waals surface area (Å²) in [7, 11) is -3.25. The summed E-state index contributed by atoms with van der Waals surface area (Å²) in [5, 5.41) is 6.07. The van der Waals surface area contributed by atoms with Gasteiger partial charge in [0.15, 0.2) is 5.96 Å². The molecule has 1 saturated heterocycles. The molecule has 0 amide bonds. The van der Waals surface area contributed by atoms with Gasteiger partial charge in [-0.05, 0) is 13.3 Å². The smallest absolute Gasteiger partial charge is 0.357 e. The zero-order chi connectivity index (χ0) is 17.5. The van der Waals surface area contributed by atoms with E-state index in [1.807, 2.05) is 6.92 Å². The third-order valence-corrected chi connectivity index (χ3v) is 3.83. The number of rotatable bonds is 7. The minimum atomic E-state index is -4.19. The van der Waals surface area contributed by atoms with Crippen molar-refractivity contribution in [2.24, 2.45) is 4.99 Å². The largest absolute Gasteiger partial charge is 0.401 e. The minimum absolute atomic E-state index is 0.113. The molecule has 1 unspecified atom stereocenters. The Labute approximate surface area is 134 Å². The molecule has 7 nitrogen and oxygen atoms in total. The summed E-state index contributed by atoms with van der Waals surface area (Å²) in [6.45, 7) is 2.65. The number of nitrogens with zero attached hydrogens (tertiary/aromatic N) is 2. The summed E-state index contributed by atoms with van der Waals surface area (Å²) in [4.78, 5) is 5.56. The first-order valence-electron chi connectivity index (χ1n) is 7.37. The molecule has 0 aromatic heterocycles. The molecular formula is C12H24F3N5O2S. The highest BCUT2D eigenvalue weighted by molar-refractivity contribution is 7.88. The van der Waals surface area contributed by atoms with Crippen molar-refractivity contribution in [2.75, 3.05) is 45.5 Å². The van der Waals surface area contributed by atoms with Crippen LogP contribution in [0.1, 0.15) is 13.3 Å². The summed E-state index contributed by atoms with van der Waals surface area (Å²) < 4.78 is 61.3. The Morgan fingerprint density at radius 3 is 2.65 bits per heavy atom. The van der Waals surface area contributed by atoms with E-state index in [-0.39, 0.29) is 19.1 Å². The van der Waals surface area contributed by atoms with Crippen LogP contribution in [0.3, 0.4) is 0 Å². The van der Waals surface area contributed by atoms with Gasteiger partial charge in [-0.2, -0.15) is 13.2 Å². The molecule has 1 aliphatic heterocycles. The van der Waals surface area contributed by atoms with E-state index < -0.39 is 22.7 Å². The minimum Gasteiger partial charge on any atom is -0.357 e. The third-order valence-electron chi connectivity index (χ3n) is 3.11. The lowest BCUT2D eigenvalue weighted by molar-refractivity contribution is -0.143. The van der Waals surface area contributed by atoms with Gasteiger partial charge in [0.2, 0.25) is 10.0 Å². The number of alkyl halides is 3. The average Bonchev–Trinajstić information content (AvgIpc) is 2.78. The topological polar surface area (TPSA) is 85.8 Å². The Balaban J connectivity index is 2.43. The molecule has 0 aromatic carbocycles. The van der Waals surface area contributed by atoms with Crippen LogP contribution in [0.25, 0.3) is 0 Å². The van der Waals surface area contributed by atoms with E-state index in [1.165, 1.54) is 4.90 Å². The van der Waals surface area contributed by atoms with Gasteiger partial charge in [-0.25, -0.2) is 13.1 Å². The molecule has 23 heavy (non-hydrogen) atoms. The second-order valence-electron chi connectivity index (χ2n) is 5.41. The standard InChI is InChI=1S/C12H24F3N5O2S/c1-3-16-11(17-5-6-18-23(2,21)22)19-10-4-7-20(8-10)9-12(13,14)15/h10,18H,3-9H2,1-2H3,(H2,16,17,19). The van der Waals surface area contributed by atoms with Crippen molar-refractivity contribution < 1.29 is 21.6 Å². The van der Waals surface area contributed by atoms with Crippen molar-refractivity contribution in [3.63, 3.8) is 0 Å². The van der Waals surface area contributed by atoms with Crippen molar-refractivity contribution in [2.45, 2.75) is 25.6 Å². The first kappa shape index (κ1) is 20.0. The van der Waals surface area contributed by atoms with Crippen molar-refractivity contribution >= 4 is 16.0 Å². The van der Waals surface area contributed by atoms with E-state index in [0.29, 0.717) is 32.0 Å². The summed E-state index contributed by atoms with van der Waals surface area (Å²) in [6.07, 6.45) is -2.53. The van der Waals surface area contributed by atoms with Crippen LogP contribution in [-0.4, -0.2) is 77.0 Å². The summed E-state index contributed by atoms with van der Waals surface area (Å²) in [5.41, 5.74) is 0. The van der Waals surface area contributed by atoms with Gasteiger partial charge < -0.3 is 10.6 Å². The molecule has 1 atom stereocenters. The van der Waals surface area contributed by atoms with Gasteiger partial charge in [-0.3, -0.25) is 9.89 Å². The van der Waals surface area contributed by atoms with Gasteiger partial charge in [0, 0.05) is 32.2 Å². The Bertz CT molecular complexity index is 495. The Kier molecular flexibility index (Phi) is 7.55. The first-order valence-corrected chi connectivity index (χ1v) is 9.27. The molecule has 1 rings (SSSR count). The molecule has 0 radical (unpaired) electrons. The lowest BCUT2D eigenvalue weighted by atomic mass is 10.3. The lowest BCUT2D eigenvalue weighted by Crippen LogP contribution is -2.45. The molecule has 0 aliphatic carbocycles. The summed E-state index contributed by atoms with van der Waals surface area (Å²) in [5.74, 6) is 0.474. The van der Waals surface area contributed by atoms with E-state index in [2.05, 4.69) is 20.3 Å². The maximum atomic E-state index is 12.4. The maximum Gasteiger partial charge on any atom is 0.401 e. The number of nitrogens with one attached hydrogen (secondary N) is 3. The van der Waals surface area contributed by atoms with Crippen LogP contribution < -0.4 is 15.4 Å². The second-order valence-corrected chi connectivity index (χ2v) is 7.24. The molecule has 0 bridgehead atoms. The van der Waals surface area contributed by atoms with Crippen molar-refractivity contribution in [1.29, 1.82) is 0 Å². The first-order chi connectivity index (χ1) is 10.6. The summed E-state index contributed by atoms with van der Waals surface area (Å²) in [6, 6.07) is -0.113. The second kappa shape index (κ2) is 8.69. The van der Waals surface area contributed by atoms with E-state index >= 15 is 0 Å². The third kappa shape index (κ3) is 9.61. The zero-order valence-corrected chi connectivity index (χ0v) is 14.1. The number of aliphatic imine (C=N–C) groups is 1. The van der Waals surface area contributed by atoms with Gasteiger partial charge in [0.25, 0.3) is 0 Å². The van der Waals surface area contributed by atoms with Gasteiger partial charge in [0.1, 0.15) is 0 Å². The highest BCUT2D eigenvalue weighted by atomic mass is 32.2. The molecule has 1 aliphatic rings. The number of hydrogen-bond acceptors (Lipinski definition) is 4. The van der Waals surface area contributed by atoms with Crippen LogP contribution in [0.15, 0.2) is 4.99 Å². The van der Waals surface area contributed by atoms with Gasteiger partial charge in [-0.15, -0.1) is 0 Å². The Morgan fingerprint density at radius 2 is 2.09 bits per heavy atom. The molecule has 1 heterocycles.